The van der Waals surface area contributed by atoms with Crippen LogP contribution >= 0.6 is 0 Å². The van der Waals surface area contributed by atoms with Crippen molar-refractivity contribution >= 4 is 35.0 Å². The highest BCUT2D eigenvalue weighted by Gasteiger charge is 2.26. The lowest BCUT2D eigenvalue weighted by atomic mass is 9.90. The quantitative estimate of drug-likeness (QED) is 0.394. The Kier molecular flexibility index (Phi) is 6.88. The van der Waals surface area contributed by atoms with Gasteiger partial charge in [0.1, 0.15) is 0 Å². The molecule has 6 heteroatoms. The first-order valence-corrected chi connectivity index (χ1v) is 12.7. The molecule has 38 heavy (non-hydrogen) atoms. The molecule has 3 aromatic carbocycles. The van der Waals surface area contributed by atoms with Crippen molar-refractivity contribution in [1.82, 2.24) is 0 Å². The maximum atomic E-state index is 12.1. The highest BCUT2D eigenvalue weighted by Crippen LogP contribution is 2.29. The molecule has 0 bridgehead atoms. The number of benzene rings is 3. The molecular formula is C32H28N2O4. The van der Waals surface area contributed by atoms with Crippen molar-refractivity contribution < 1.29 is 19.2 Å². The number of hydrogen-bond acceptors (Lipinski definition) is 4. The van der Waals surface area contributed by atoms with Crippen molar-refractivity contribution in [3.05, 3.63) is 119 Å². The van der Waals surface area contributed by atoms with E-state index in [9.17, 15) is 19.2 Å². The van der Waals surface area contributed by atoms with Crippen molar-refractivity contribution in [2.24, 2.45) is 0 Å². The monoisotopic (exact) mass is 504 g/mol. The van der Waals surface area contributed by atoms with Crippen molar-refractivity contribution in [2.75, 3.05) is 9.80 Å². The van der Waals surface area contributed by atoms with Gasteiger partial charge in [0, 0.05) is 24.3 Å². The van der Waals surface area contributed by atoms with E-state index in [-0.39, 0.29) is 35.5 Å². The number of carbonyl (C=O) groups is 4. The minimum absolute atomic E-state index is 0.184. The molecule has 2 aliphatic rings. The predicted molar refractivity (Wildman–Crippen MR) is 147 cm³/mol. The lowest BCUT2D eigenvalue weighted by Gasteiger charge is -2.19. The first kappa shape index (κ1) is 25.1. The average molecular weight is 505 g/mol. The number of anilines is 2. The van der Waals surface area contributed by atoms with Crippen molar-refractivity contribution in [3.8, 4) is 0 Å². The van der Waals surface area contributed by atoms with Gasteiger partial charge in [-0.15, -0.1) is 0 Å². The fourth-order valence-electron chi connectivity index (χ4n) is 5.08. The van der Waals surface area contributed by atoms with Gasteiger partial charge in [0.15, 0.2) is 0 Å². The molecule has 0 aromatic heterocycles. The molecule has 5 rings (SSSR count). The smallest absolute Gasteiger partial charge is 0.258 e. The molecular weight excluding hydrogens is 476 g/mol. The van der Waals surface area contributed by atoms with Gasteiger partial charge in [-0.2, -0.15) is 0 Å². The second kappa shape index (κ2) is 10.4. The lowest BCUT2D eigenvalue weighted by molar-refractivity contribution is -0.121. The molecule has 190 valence electrons. The summed E-state index contributed by atoms with van der Waals surface area (Å²) in [5, 5.41) is 0. The Morgan fingerprint density at radius 3 is 1.29 bits per heavy atom. The molecule has 6 nitrogen and oxygen atoms in total. The number of hydrogen-bond donors (Lipinski definition) is 0. The molecule has 2 unspecified atom stereocenters. The largest absolute Gasteiger partial charge is 0.269 e. The normalized spacial score (nSPS) is 16.6. The third kappa shape index (κ3) is 5.11. The molecule has 0 radical (unpaired) electrons. The summed E-state index contributed by atoms with van der Waals surface area (Å²) in [6, 6.07) is 23.7. The molecule has 0 aliphatic carbocycles. The van der Waals surface area contributed by atoms with Gasteiger partial charge in [-0.3, -0.25) is 19.2 Å². The van der Waals surface area contributed by atoms with E-state index >= 15 is 0 Å². The van der Waals surface area contributed by atoms with Crippen molar-refractivity contribution in [2.45, 2.75) is 38.5 Å². The molecule has 2 atom stereocenters. The molecule has 4 amide bonds. The van der Waals surface area contributed by atoms with E-state index < -0.39 is 0 Å². The van der Waals surface area contributed by atoms with E-state index in [0.29, 0.717) is 11.4 Å². The van der Waals surface area contributed by atoms with E-state index in [1.807, 2.05) is 36.4 Å². The van der Waals surface area contributed by atoms with Crippen LogP contribution in [0.15, 0.2) is 97.1 Å². The summed E-state index contributed by atoms with van der Waals surface area (Å²) in [4.78, 5) is 50.7. The topological polar surface area (TPSA) is 74.8 Å². The molecule has 0 spiro atoms. The molecule has 0 N–H and O–H groups in total. The summed E-state index contributed by atoms with van der Waals surface area (Å²) >= 11 is 0. The van der Waals surface area contributed by atoms with Crippen LogP contribution in [0.25, 0.3) is 0 Å². The van der Waals surface area contributed by atoms with Crippen LogP contribution in [-0.2, 0) is 32.0 Å². The maximum Gasteiger partial charge on any atom is 0.258 e. The van der Waals surface area contributed by atoms with Gasteiger partial charge in [0.25, 0.3) is 23.6 Å². The fraction of sp³-hybridized carbons (Fsp3) is 0.188. The van der Waals surface area contributed by atoms with Gasteiger partial charge in [-0.25, -0.2) is 9.80 Å². The molecule has 0 saturated carbocycles. The van der Waals surface area contributed by atoms with Gasteiger partial charge in [0.2, 0.25) is 0 Å². The summed E-state index contributed by atoms with van der Waals surface area (Å²) in [5.41, 5.74) is 5.71. The minimum atomic E-state index is -0.317. The number of rotatable bonds is 8. The highest BCUT2D eigenvalue weighted by atomic mass is 16.2. The molecule has 0 fully saturated rings. The van der Waals surface area contributed by atoms with Crippen LogP contribution in [0.1, 0.15) is 47.9 Å². The summed E-state index contributed by atoms with van der Waals surface area (Å²) in [7, 11) is 0. The van der Waals surface area contributed by atoms with Crippen LogP contribution in [0, 0.1) is 0 Å². The zero-order valence-corrected chi connectivity index (χ0v) is 21.3. The van der Waals surface area contributed by atoms with Crippen molar-refractivity contribution in [3.63, 3.8) is 0 Å². The molecule has 3 aromatic rings. The van der Waals surface area contributed by atoms with Gasteiger partial charge in [-0.1, -0.05) is 62.4 Å². The zero-order valence-electron chi connectivity index (χ0n) is 21.3. The Bertz CT molecular complexity index is 1360. The summed E-state index contributed by atoms with van der Waals surface area (Å²) in [6.07, 6.45) is 6.81. The number of nitrogens with zero attached hydrogens (tertiary/aromatic N) is 2. The number of carbonyl (C=O) groups excluding carboxylic acids is 4. The standard InChI is InChI=1S/C32H28N2O4/c1-21(25-8-4-10-27(19-25)33-29(35)12-13-30(33)36)16-23-6-3-7-24(18-23)17-22(2)26-9-5-11-28(20-26)34-31(37)14-15-32(34)38/h3-15,18-22H,16-17H2,1-2H3. The van der Waals surface area contributed by atoms with Crippen LogP contribution in [-0.4, -0.2) is 23.6 Å². The van der Waals surface area contributed by atoms with Gasteiger partial charge >= 0.3 is 0 Å². The average Bonchev–Trinajstić information content (AvgIpc) is 3.43. The third-order valence-electron chi connectivity index (χ3n) is 7.09. The molecule has 0 saturated heterocycles. The highest BCUT2D eigenvalue weighted by molar-refractivity contribution is 6.28. The van der Waals surface area contributed by atoms with E-state index in [4.69, 9.17) is 0 Å². The zero-order chi connectivity index (χ0) is 26.8. The number of amides is 4. The first-order valence-electron chi connectivity index (χ1n) is 12.7. The van der Waals surface area contributed by atoms with E-state index in [1.54, 1.807) is 12.1 Å². The van der Waals surface area contributed by atoms with Gasteiger partial charge < -0.3 is 0 Å². The van der Waals surface area contributed by atoms with Crippen molar-refractivity contribution in [1.29, 1.82) is 0 Å². The lowest BCUT2D eigenvalue weighted by Crippen LogP contribution is -2.29. The van der Waals surface area contributed by atoms with E-state index in [1.165, 1.54) is 45.2 Å². The van der Waals surface area contributed by atoms with Crippen LogP contribution in [0.5, 0.6) is 0 Å². The Morgan fingerprint density at radius 1 is 0.526 bits per heavy atom. The van der Waals surface area contributed by atoms with Crippen LogP contribution < -0.4 is 9.80 Å². The van der Waals surface area contributed by atoms with E-state index in [2.05, 4.69) is 38.1 Å². The van der Waals surface area contributed by atoms with Crippen LogP contribution in [0.3, 0.4) is 0 Å². The molecule has 2 aliphatic heterocycles. The van der Waals surface area contributed by atoms with Crippen LogP contribution in [0.2, 0.25) is 0 Å². The maximum absolute atomic E-state index is 12.1. The Morgan fingerprint density at radius 2 is 0.895 bits per heavy atom. The Hall–Kier alpha value is -4.58. The minimum Gasteiger partial charge on any atom is -0.269 e. The molecule has 2 heterocycles. The van der Waals surface area contributed by atoms with Gasteiger partial charge in [-0.05, 0) is 71.2 Å². The second-order valence-electron chi connectivity index (χ2n) is 9.91. The number of imide groups is 2. The van der Waals surface area contributed by atoms with Gasteiger partial charge in [0.05, 0.1) is 11.4 Å². The van der Waals surface area contributed by atoms with Crippen LogP contribution in [0.4, 0.5) is 11.4 Å². The third-order valence-corrected chi connectivity index (χ3v) is 7.09. The summed E-state index contributed by atoms with van der Waals surface area (Å²) < 4.78 is 0. The Labute approximate surface area is 221 Å². The van der Waals surface area contributed by atoms with E-state index in [0.717, 1.165) is 24.0 Å². The first-order chi connectivity index (χ1) is 18.3. The Balaban J connectivity index is 1.27. The second-order valence-corrected chi connectivity index (χ2v) is 9.91. The fourth-order valence-corrected chi connectivity index (χ4v) is 5.08. The predicted octanol–water partition coefficient (Wildman–Crippen LogP) is 5.24. The summed E-state index contributed by atoms with van der Waals surface area (Å²) in [5.74, 6) is -0.900. The SMILES string of the molecule is CC(Cc1cccc(CC(C)c2cccc(N3C(=O)C=CC3=O)c2)c1)c1cccc(N2C(=O)C=CC2=O)c1. The summed E-state index contributed by atoms with van der Waals surface area (Å²) in [6.45, 7) is 4.28.